The predicted molar refractivity (Wildman–Crippen MR) is 63.9 cm³/mol. The molecule has 0 spiro atoms. The molecule has 1 heterocycles. The highest BCUT2D eigenvalue weighted by Gasteiger charge is 2.11. The van der Waals surface area contributed by atoms with E-state index in [1.807, 2.05) is 16.3 Å². The Morgan fingerprint density at radius 1 is 1.36 bits per heavy atom. The lowest BCUT2D eigenvalue weighted by molar-refractivity contribution is 0.557. The molecule has 0 saturated heterocycles. The van der Waals surface area contributed by atoms with Crippen molar-refractivity contribution in [1.82, 2.24) is 14.8 Å². The molecular weight excluding hydrogens is 216 g/mol. The number of hydrogen-bond donors (Lipinski definition) is 1. The molecule has 2 N–H and O–H groups in total. The van der Waals surface area contributed by atoms with Crippen molar-refractivity contribution in [2.75, 3.05) is 23.5 Å². The summed E-state index contributed by atoms with van der Waals surface area (Å²) in [5.41, 5.74) is 5.72. The molecule has 0 aliphatic carbocycles. The molecule has 1 rings (SSSR count). The van der Waals surface area contributed by atoms with E-state index in [4.69, 9.17) is 5.73 Å². The first kappa shape index (κ1) is 11.7. The van der Waals surface area contributed by atoms with E-state index in [1.165, 1.54) is 0 Å². The SMILES string of the molecule is CSCCSc1nnc(N)n1C(C)C. The first-order valence-corrected chi connectivity index (χ1v) is 6.87. The Morgan fingerprint density at radius 2 is 2.07 bits per heavy atom. The number of thioether (sulfide) groups is 2. The molecule has 1 aromatic heterocycles. The van der Waals surface area contributed by atoms with Gasteiger partial charge in [-0.3, -0.25) is 4.57 Å². The van der Waals surface area contributed by atoms with Crippen molar-refractivity contribution in [3.8, 4) is 0 Å². The van der Waals surface area contributed by atoms with Crippen LogP contribution in [-0.4, -0.2) is 32.5 Å². The van der Waals surface area contributed by atoms with Gasteiger partial charge >= 0.3 is 0 Å². The van der Waals surface area contributed by atoms with E-state index in [1.54, 1.807) is 11.8 Å². The molecule has 1 aromatic rings. The van der Waals surface area contributed by atoms with E-state index in [0.29, 0.717) is 12.0 Å². The van der Waals surface area contributed by atoms with Crippen molar-refractivity contribution in [3.05, 3.63) is 0 Å². The van der Waals surface area contributed by atoms with Crippen LogP contribution in [0, 0.1) is 0 Å². The summed E-state index contributed by atoms with van der Waals surface area (Å²) in [5, 5.41) is 8.85. The molecule has 80 valence electrons. The molecule has 0 aliphatic heterocycles. The van der Waals surface area contributed by atoms with Crippen molar-refractivity contribution in [3.63, 3.8) is 0 Å². The average Bonchev–Trinajstić information content (AvgIpc) is 2.47. The summed E-state index contributed by atoms with van der Waals surface area (Å²) < 4.78 is 1.96. The molecule has 0 saturated carbocycles. The normalized spacial score (nSPS) is 11.1. The fraction of sp³-hybridized carbons (Fsp3) is 0.750. The zero-order valence-corrected chi connectivity index (χ0v) is 10.4. The summed E-state index contributed by atoms with van der Waals surface area (Å²) in [6.07, 6.45) is 2.10. The summed E-state index contributed by atoms with van der Waals surface area (Å²) in [6, 6.07) is 0.321. The number of rotatable bonds is 5. The largest absolute Gasteiger partial charge is 0.368 e. The van der Waals surface area contributed by atoms with E-state index in [-0.39, 0.29) is 0 Å². The maximum Gasteiger partial charge on any atom is 0.222 e. The molecular formula is C8H16N4S2. The van der Waals surface area contributed by atoms with E-state index in [2.05, 4.69) is 30.3 Å². The third-order valence-electron chi connectivity index (χ3n) is 1.73. The fourth-order valence-corrected chi connectivity index (χ4v) is 2.81. The van der Waals surface area contributed by atoms with Crippen LogP contribution in [0.3, 0.4) is 0 Å². The average molecular weight is 232 g/mol. The second kappa shape index (κ2) is 5.50. The summed E-state index contributed by atoms with van der Waals surface area (Å²) in [5.74, 6) is 2.67. The zero-order chi connectivity index (χ0) is 10.6. The van der Waals surface area contributed by atoms with Crippen molar-refractivity contribution in [2.45, 2.75) is 25.0 Å². The van der Waals surface area contributed by atoms with Crippen LogP contribution in [0.4, 0.5) is 5.95 Å². The number of hydrogen-bond acceptors (Lipinski definition) is 5. The topological polar surface area (TPSA) is 56.7 Å². The Bertz CT molecular complexity index is 285. The molecule has 0 fully saturated rings. The summed E-state index contributed by atoms with van der Waals surface area (Å²) in [6.45, 7) is 4.16. The molecule has 0 radical (unpaired) electrons. The van der Waals surface area contributed by atoms with Crippen molar-refractivity contribution in [1.29, 1.82) is 0 Å². The number of anilines is 1. The molecule has 0 amide bonds. The molecule has 0 aromatic carbocycles. The lowest BCUT2D eigenvalue weighted by Gasteiger charge is -2.10. The van der Waals surface area contributed by atoms with E-state index < -0.39 is 0 Å². The van der Waals surface area contributed by atoms with Gasteiger partial charge in [0.05, 0.1) is 0 Å². The smallest absolute Gasteiger partial charge is 0.222 e. The van der Waals surface area contributed by atoms with Gasteiger partial charge in [-0.1, -0.05) is 11.8 Å². The standard InChI is InChI=1S/C8H16N4S2/c1-6(2)12-7(9)10-11-8(12)14-5-4-13-3/h6H,4-5H2,1-3H3,(H2,9,10). The summed E-state index contributed by atoms with van der Waals surface area (Å²) >= 11 is 3.54. The molecule has 0 atom stereocenters. The third kappa shape index (κ3) is 2.81. The molecule has 6 heteroatoms. The Labute approximate surface area is 93.0 Å². The van der Waals surface area contributed by atoms with Crippen LogP contribution < -0.4 is 5.73 Å². The van der Waals surface area contributed by atoms with Gasteiger partial charge in [0.2, 0.25) is 5.95 Å². The number of nitrogens with two attached hydrogens (primary N) is 1. The Morgan fingerprint density at radius 3 is 2.64 bits per heavy atom. The molecule has 0 bridgehead atoms. The van der Waals surface area contributed by atoms with Gasteiger partial charge in [0, 0.05) is 17.5 Å². The van der Waals surface area contributed by atoms with Gasteiger partial charge in [0.25, 0.3) is 0 Å². The summed E-state index contributed by atoms with van der Waals surface area (Å²) in [4.78, 5) is 0. The van der Waals surface area contributed by atoms with Crippen LogP contribution in [0.1, 0.15) is 19.9 Å². The Hall–Kier alpha value is -0.360. The third-order valence-corrected chi connectivity index (χ3v) is 3.54. The molecule has 14 heavy (non-hydrogen) atoms. The van der Waals surface area contributed by atoms with E-state index in [9.17, 15) is 0 Å². The summed E-state index contributed by atoms with van der Waals surface area (Å²) in [7, 11) is 0. The van der Waals surface area contributed by atoms with Gasteiger partial charge in [0.1, 0.15) is 0 Å². The highest BCUT2D eigenvalue weighted by Crippen LogP contribution is 2.22. The van der Waals surface area contributed by atoms with Crippen LogP contribution >= 0.6 is 23.5 Å². The minimum absolute atomic E-state index is 0.321. The van der Waals surface area contributed by atoms with Crippen molar-refractivity contribution < 1.29 is 0 Å². The van der Waals surface area contributed by atoms with E-state index >= 15 is 0 Å². The van der Waals surface area contributed by atoms with Crippen molar-refractivity contribution in [2.24, 2.45) is 0 Å². The lowest BCUT2D eigenvalue weighted by Crippen LogP contribution is -2.07. The van der Waals surface area contributed by atoms with Crippen LogP contribution in [0.2, 0.25) is 0 Å². The Balaban J connectivity index is 2.66. The molecule has 0 aliphatic rings. The van der Waals surface area contributed by atoms with Gasteiger partial charge in [-0.25, -0.2) is 0 Å². The van der Waals surface area contributed by atoms with Crippen LogP contribution in [0.25, 0.3) is 0 Å². The number of aromatic nitrogens is 3. The Kier molecular flexibility index (Phi) is 4.60. The quantitative estimate of drug-likeness (QED) is 0.620. The second-order valence-electron chi connectivity index (χ2n) is 3.15. The van der Waals surface area contributed by atoms with Crippen LogP contribution in [-0.2, 0) is 0 Å². The van der Waals surface area contributed by atoms with Crippen LogP contribution in [0.15, 0.2) is 5.16 Å². The lowest BCUT2D eigenvalue weighted by atomic mass is 10.4. The highest BCUT2D eigenvalue weighted by molar-refractivity contribution is 8.02. The maximum atomic E-state index is 5.72. The second-order valence-corrected chi connectivity index (χ2v) is 5.19. The number of nitrogen functional groups attached to an aromatic ring is 1. The van der Waals surface area contributed by atoms with Gasteiger partial charge in [-0.05, 0) is 20.1 Å². The number of nitrogens with zero attached hydrogens (tertiary/aromatic N) is 3. The van der Waals surface area contributed by atoms with Gasteiger partial charge in [-0.2, -0.15) is 11.8 Å². The van der Waals surface area contributed by atoms with E-state index in [0.717, 1.165) is 16.7 Å². The molecule has 4 nitrogen and oxygen atoms in total. The van der Waals surface area contributed by atoms with Gasteiger partial charge in [0.15, 0.2) is 5.16 Å². The maximum absolute atomic E-state index is 5.72. The minimum atomic E-state index is 0.321. The van der Waals surface area contributed by atoms with Crippen molar-refractivity contribution >= 4 is 29.5 Å². The minimum Gasteiger partial charge on any atom is -0.368 e. The highest BCUT2D eigenvalue weighted by atomic mass is 32.2. The first-order valence-electron chi connectivity index (χ1n) is 4.49. The zero-order valence-electron chi connectivity index (χ0n) is 8.73. The fourth-order valence-electron chi connectivity index (χ4n) is 1.09. The molecule has 0 unspecified atom stereocenters. The first-order chi connectivity index (χ1) is 6.66. The van der Waals surface area contributed by atoms with Gasteiger partial charge < -0.3 is 5.73 Å². The van der Waals surface area contributed by atoms with Crippen LogP contribution in [0.5, 0.6) is 0 Å². The monoisotopic (exact) mass is 232 g/mol. The van der Waals surface area contributed by atoms with Gasteiger partial charge in [-0.15, -0.1) is 10.2 Å². The predicted octanol–water partition coefficient (Wildman–Crippen LogP) is 1.90.